The smallest absolute Gasteiger partial charge is 0.298 e. The molecular weight excluding hydrogens is 196 g/mol. The number of alkyl halides is 2. The van der Waals surface area contributed by atoms with Crippen molar-refractivity contribution in [3.05, 3.63) is 27.6 Å². The number of rotatable bonds is 2. The molecule has 2 N–H and O–H groups in total. The van der Waals surface area contributed by atoms with Crippen molar-refractivity contribution in [3.63, 3.8) is 0 Å². The maximum atomic E-state index is 12.2. The highest BCUT2D eigenvalue weighted by atomic mass is 19.3. The SMILES string of the molecule is Cc1cnc(C(F)F)c(N)c1[N+](=O)[O-]. The van der Waals surface area contributed by atoms with E-state index in [0.29, 0.717) is 0 Å². The molecule has 76 valence electrons. The highest BCUT2D eigenvalue weighted by molar-refractivity contribution is 5.64. The van der Waals surface area contributed by atoms with Crippen LogP contribution in [0.4, 0.5) is 20.2 Å². The van der Waals surface area contributed by atoms with Gasteiger partial charge >= 0.3 is 0 Å². The summed E-state index contributed by atoms with van der Waals surface area (Å²) in [5.41, 5.74) is 3.55. The fraction of sp³-hybridized carbons (Fsp3) is 0.286. The summed E-state index contributed by atoms with van der Waals surface area (Å²) in [5, 5.41) is 10.5. The maximum Gasteiger partial charge on any atom is 0.298 e. The molecule has 0 unspecified atom stereocenters. The molecule has 0 saturated carbocycles. The molecule has 0 spiro atoms. The number of aryl methyl sites for hydroxylation is 1. The van der Waals surface area contributed by atoms with Gasteiger partial charge < -0.3 is 5.73 Å². The number of hydrogen-bond acceptors (Lipinski definition) is 4. The Labute approximate surface area is 77.7 Å². The van der Waals surface area contributed by atoms with Crippen LogP contribution < -0.4 is 5.73 Å². The molecule has 0 atom stereocenters. The van der Waals surface area contributed by atoms with Crippen LogP contribution in [0.15, 0.2) is 6.20 Å². The van der Waals surface area contributed by atoms with Gasteiger partial charge in [0.2, 0.25) is 0 Å². The van der Waals surface area contributed by atoms with Crippen molar-refractivity contribution in [1.82, 2.24) is 4.98 Å². The summed E-state index contributed by atoms with van der Waals surface area (Å²) in [5.74, 6) is 0. The minimum Gasteiger partial charge on any atom is -0.391 e. The molecule has 5 nitrogen and oxygen atoms in total. The Bertz CT molecular complexity index is 381. The first-order chi connectivity index (χ1) is 6.45. The van der Waals surface area contributed by atoms with Crippen LogP contribution in [0.1, 0.15) is 17.7 Å². The monoisotopic (exact) mass is 203 g/mol. The lowest BCUT2D eigenvalue weighted by Crippen LogP contribution is -2.05. The summed E-state index contributed by atoms with van der Waals surface area (Å²) in [4.78, 5) is 13.0. The number of halogens is 2. The first-order valence-corrected chi connectivity index (χ1v) is 3.62. The molecule has 0 amide bonds. The predicted octanol–water partition coefficient (Wildman–Crippen LogP) is 1.82. The number of anilines is 1. The Morgan fingerprint density at radius 1 is 1.64 bits per heavy atom. The number of aromatic nitrogens is 1. The molecule has 0 fully saturated rings. The first kappa shape index (κ1) is 10.3. The summed E-state index contributed by atoms with van der Waals surface area (Å²) < 4.78 is 24.5. The van der Waals surface area contributed by atoms with E-state index in [0.717, 1.165) is 6.20 Å². The Kier molecular flexibility index (Phi) is 2.59. The van der Waals surface area contributed by atoms with Gasteiger partial charge in [0.1, 0.15) is 11.4 Å². The lowest BCUT2D eigenvalue weighted by atomic mass is 10.2. The van der Waals surface area contributed by atoms with Crippen LogP contribution in [0.2, 0.25) is 0 Å². The van der Waals surface area contributed by atoms with E-state index in [4.69, 9.17) is 5.73 Å². The summed E-state index contributed by atoms with van der Waals surface area (Å²) in [7, 11) is 0. The molecule has 7 heteroatoms. The molecule has 1 rings (SSSR count). The van der Waals surface area contributed by atoms with Crippen molar-refractivity contribution >= 4 is 11.4 Å². The van der Waals surface area contributed by atoms with Crippen LogP contribution in [-0.4, -0.2) is 9.91 Å². The number of hydrogen-bond donors (Lipinski definition) is 1. The molecule has 14 heavy (non-hydrogen) atoms. The molecule has 1 aromatic heterocycles. The van der Waals surface area contributed by atoms with Gasteiger partial charge in [0.15, 0.2) is 0 Å². The fourth-order valence-corrected chi connectivity index (χ4v) is 1.05. The molecule has 0 bridgehead atoms. The number of nitrogens with two attached hydrogens (primary N) is 1. The lowest BCUT2D eigenvalue weighted by molar-refractivity contribution is -0.384. The number of nitro groups is 1. The zero-order chi connectivity index (χ0) is 10.9. The van der Waals surface area contributed by atoms with Crippen LogP contribution in [0.5, 0.6) is 0 Å². The summed E-state index contributed by atoms with van der Waals surface area (Å²) in [6.45, 7) is 1.39. The van der Waals surface area contributed by atoms with Gasteiger partial charge in [-0.15, -0.1) is 0 Å². The van der Waals surface area contributed by atoms with Gasteiger partial charge in [-0.3, -0.25) is 15.1 Å². The minimum atomic E-state index is -2.91. The van der Waals surface area contributed by atoms with E-state index in [9.17, 15) is 18.9 Å². The van der Waals surface area contributed by atoms with Gasteiger partial charge in [-0.05, 0) is 6.92 Å². The minimum absolute atomic E-state index is 0.164. The Morgan fingerprint density at radius 2 is 2.21 bits per heavy atom. The van der Waals surface area contributed by atoms with Crippen LogP contribution >= 0.6 is 0 Å². The van der Waals surface area contributed by atoms with Crippen molar-refractivity contribution in [2.24, 2.45) is 0 Å². The van der Waals surface area contributed by atoms with Crippen molar-refractivity contribution in [1.29, 1.82) is 0 Å². The Balaban J connectivity index is 3.41. The van der Waals surface area contributed by atoms with E-state index in [1.807, 2.05) is 0 Å². The lowest BCUT2D eigenvalue weighted by Gasteiger charge is -2.05. The van der Waals surface area contributed by atoms with Crippen molar-refractivity contribution in [2.75, 3.05) is 5.73 Å². The summed E-state index contributed by atoms with van der Waals surface area (Å²) >= 11 is 0. The van der Waals surface area contributed by atoms with Gasteiger partial charge in [-0.1, -0.05) is 0 Å². The largest absolute Gasteiger partial charge is 0.391 e. The van der Waals surface area contributed by atoms with E-state index in [-0.39, 0.29) is 5.56 Å². The molecule has 0 aromatic carbocycles. The van der Waals surface area contributed by atoms with Gasteiger partial charge in [0.25, 0.3) is 12.1 Å². The normalized spacial score (nSPS) is 10.6. The summed E-state index contributed by atoms with van der Waals surface area (Å²) in [6, 6.07) is 0. The van der Waals surface area contributed by atoms with Gasteiger partial charge in [0.05, 0.1) is 4.92 Å². The second-order valence-electron chi connectivity index (χ2n) is 2.65. The molecular formula is C7H7F2N3O2. The highest BCUT2D eigenvalue weighted by Gasteiger charge is 2.24. The highest BCUT2D eigenvalue weighted by Crippen LogP contribution is 2.32. The Hall–Kier alpha value is -1.79. The summed E-state index contributed by atoms with van der Waals surface area (Å²) in [6.07, 6.45) is -1.90. The third kappa shape index (κ3) is 1.61. The van der Waals surface area contributed by atoms with E-state index in [1.54, 1.807) is 0 Å². The van der Waals surface area contributed by atoms with E-state index >= 15 is 0 Å². The zero-order valence-corrected chi connectivity index (χ0v) is 7.20. The average Bonchev–Trinajstić information content (AvgIpc) is 2.02. The molecule has 1 heterocycles. The second kappa shape index (κ2) is 3.52. The van der Waals surface area contributed by atoms with E-state index < -0.39 is 28.4 Å². The zero-order valence-electron chi connectivity index (χ0n) is 7.20. The van der Waals surface area contributed by atoms with Gasteiger partial charge in [-0.2, -0.15) is 0 Å². The topological polar surface area (TPSA) is 82.0 Å². The molecule has 0 aliphatic rings. The second-order valence-corrected chi connectivity index (χ2v) is 2.65. The molecule has 0 radical (unpaired) electrons. The third-order valence-electron chi connectivity index (χ3n) is 1.69. The van der Waals surface area contributed by atoms with Crippen LogP contribution in [-0.2, 0) is 0 Å². The fourth-order valence-electron chi connectivity index (χ4n) is 1.05. The third-order valence-corrected chi connectivity index (χ3v) is 1.69. The van der Waals surface area contributed by atoms with Gasteiger partial charge in [-0.25, -0.2) is 8.78 Å². The molecule has 0 aliphatic carbocycles. The molecule has 0 aliphatic heterocycles. The maximum absolute atomic E-state index is 12.2. The number of pyridine rings is 1. The predicted molar refractivity (Wildman–Crippen MR) is 45.0 cm³/mol. The molecule has 1 aromatic rings. The van der Waals surface area contributed by atoms with E-state index in [1.165, 1.54) is 6.92 Å². The van der Waals surface area contributed by atoms with E-state index in [2.05, 4.69) is 4.98 Å². The van der Waals surface area contributed by atoms with Crippen LogP contribution in [0, 0.1) is 17.0 Å². The van der Waals surface area contributed by atoms with Crippen molar-refractivity contribution in [3.8, 4) is 0 Å². The van der Waals surface area contributed by atoms with Crippen molar-refractivity contribution in [2.45, 2.75) is 13.3 Å². The van der Waals surface area contributed by atoms with Crippen molar-refractivity contribution < 1.29 is 13.7 Å². The number of nitrogen functional groups attached to an aromatic ring is 1. The standard InChI is InChI=1S/C7H7F2N3O2/c1-3-2-11-5(7(8)9)4(10)6(3)12(13)14/h2,7H,10H2,1H3. The van der Waals surface area contributed by atoms with Crippen LogP contribution in [0.3, 0.4) is 0 Å². The first-order valence-electron chi connectivity index (χ1n) is 3.62. The van der Waals surface area contributed by atoms with Gasteiger partial charge in [0, 0.05) is 11.8 Å². The van der Waals surface area contributed by atoms with Crippen LogP contribution in [0.25, 0.3) is 0 Å². The molecule has 0 saturated heterocycles. The average molecular weight is 203 g/mol. The number of nitrogens with zero attached hydrogens (tertiary/aromatic N) is 2. The Morgan fingerprint density at radius 3 is 2.64 bits per heavy atom. The quantitative estimate of drug-likeness (QED) is 0.587.